The van der Waals surface area contributed by atoms with Gasteiger partial charge in [0.15, 0.2) is 0 Å². The van der Waals surface area contributed by atoms with Crippen LogP contribution in [0.4, 0.5) is 0 Å². The molecule has 0 unspecified atom stereocenters. The predicted octanol–water partition coefficient (Wildman–Crippen LogP) is 3.41. The third kappa shape index (κ3) is 3.43. The predicted molar refractivity (Wildman–Crippen MR) is 79.5 cm³/mol. The number of carbonyl (C=O) groups excluding carboxylic acids is 1. The molecule has 1 aliphatic rings. The van der Waals surface area contributed by atoms with Gasteiger partial charge in [0.1, 0.15) is 6.10 Å². The van der Waals surface area contributed by atoms with Crippen molar-refractivity contribution < 1.29 is 19.4 Å². The van der Waals surface area contributed by atoms with Crippen molar-refractivity contribution in [3.63, 3.8) is 0 Å². The zero-order valence-corrected chi connectivity index (χ0v) is 12.8. The number of carbonyl (C=O) groups is 2. The molecule has 114 valence electrons. The number of carboxylic acids is 1. The standard InChI is InChI=1S/C17H22O4/c1-10-4-9-15(12(3)11(10)2)17(20)21-14-7-5-13(6-8-14)16(18)19/h4,9,13-14H,5-8H2,1-3H3,(H,18,19). The molecule has 0 heterocycles. The number of aliphatic carboxylic acids is 1. The summed E-state index contributed by atoms with van der Waals surface area (Å²) in [7, 11) is 0. The lowest BCUT2D eigenvalue weighted by atomic mass is 9.87. The van der Waals surface area contributed by atoms with Gasteiger partial charge in [-0.15, -0.1) is 0 Å². The number of hydrogen-bond acceptors (Lipinski definition) is 3. The molecule has 0 aromatic heterocycles. The van der Waals surface area contributed by atoms with E-state index in [-0.39, 0.29) is 18.0 Å². The van der Waals surface area contributed by atoms with Crippen molar-refractivity contribution in [3.05, 3.63) is 34.4 Å². The summed E-state index contributed by atoms with van der Waals surface area (Å²) in [6.45, 7) is 5.95. The number of rotatable bonds is 3. The molecule has 1 fully saturated rings. The average molecular weight is 290 g/mol. The van der Waals surface area contributed by atoms with Gasteiger partial charge in [0.05, 0.1) is 11.5 Å². The van der Waals surface area contributed by atoms with Gasteiger partial charge in [-0.05, 0) is 69.2 Å². The Morgan fingerprint density at radius 1 is 1.05 bits per heavy atom. The molecule has 1 saturated carbocycles. The smallest absolute Gasteiger partial charge is 0.338 e. The fourth-order valence-electron chi connectivity index (χ4n) is 2.82. The van der Waals surface area contributed by atoms with E-state index in [0.717, 1.165) is 16.7 Å². The van der Waals surface area contributed by atoms with Crippen LogP contribution < -0.4 is 0 Å². The number of hydrogen-bond donors (Lipinski definition) is 1. The van der Waals surface area contributed by atoms with Gasteiger partial charge in [0, 0.05) is 0 Å². The van der Waals surface area contributed by atoms with Crippen molar-refractivity contribution in [3.8, 4) is 0 Å². The zero-order chi connectivity index (χ0) is 15.6. The van der Waals surface area contributed by atoms with Gasteiger partial charge in [0.2, 0.25) is 0 Å². The molecule has 0 bridgehead atoms. The van der Waals surface area contributed by atoms with Gasteiger partial charge in [-0.3, -0.25) is 4.79 Å². The Morgan fingerprint density at radius 3 is 2.24 bits per heavy atom. The minimum atomic E-state index is -0.746. The molecule has 1 aliphatic carbocycles. The summed E-state index contributed by atoms with van der Waals surface area (Å²) >= 11 is 0. The van der Waals surface area contributed by atoms with E-state index >= 15 is 0 Å². The summed E-state index contributed by atoms with van der Waals surface area (Å²) in [4.78, 5) is 23.2. The maximum atomic E-state index is 12.3. The van der Waals surface area contributed by atoms with E-state index in [1.54, 1.807) is 0 Å². The van der Waals surface area contributed by atoms with Crippen LogP contribution in [0.1, 0.15) is 52.7 Å². The van der Waals surface area contributed by atoms with E-state index in [2.05, 4.69) is 0 Å². The summed E-state index contributed by atoms with van der Waals surface area (Å²) in [6.07, 6.45) is 2.27. The van der Waals surface area contributed by atoms with Crippen LogP contribution in [-0.2, 0) is 9.53 Å². The van der Waals surface area contributed by atoms with Crippen LogP contribution in [0.15, 0.2) is 12.1 Å². The van der Waals surface area contributed by atoms with Crippen LogP contribution in [0.2, 0.25) is 0 Å². The van der Waals surface area contributed by atoms with Crippen molar-refractivity contribution >= 4 is 11.9 Å². The first kappa shape index (κ1) is 15.5. The molecule has 0 spiro atoms. The lowest BCUT2D eigenvalue weighted by Crippen LogP contribution is -2.28. The lowest BCUT2D eigenvalue weighted by molar-refractivity contribution is -0.143. The van der Waals surface area contributed by atoms with Crippen LogP contribution in [0.25, 0.3) is 0 Å². The molecule has 0 amide bonds. The van der Waals surface area contributed by atoms with Gasteiger partial charge in [-0.1, -0.05) is 6.07 Å². The fourth-order valence-corrected chi connectivity index (χ4v) is 2.82. The van der Waals surface area contributed by atoms with Crippen molar-refractivity contribution in [1.82, 2.24) is 0 Å². The molecule has 21 heavy (non-hydrogen) atoms. The van der Waals surface area contributed by atoms with E-state index in [9.17, 15) is 9.59 Å². The van der Waals surface area contributed by atoms with Gasteiger partial charge in [0.25, 0.3) is 0 Å². The van der Waals surface area contributed by atoms with E-state index in [1.807, 2.05) is 32.9 Å². The second kappa shape index (κ2) is 6.29. The molecule has 0 aliphatic heterocycles. The minimum Gasteiger partial charge on any atom is -0.481 e. The van der Waals surface area contributed by atoms with Crippen molar-refractivity contribution in [2.45, 2.75) is 52.6 Å². The highest BCUT2D eigenvalue weighted by Gasteiger charge is 2.28. The third-order valence-electron chi connectivity index (χ3n) is 4.58. The summed E-state index contributed by atoms with van der Waals surface area (Å²) in [5.41, 5.74) is 3.84. The summed E-state index contributed by atoms with van der Waals surface area (Å²) < 4.78 is 5.55. The number of benzene rings is 1. The van der Waals surface area contributed by atoms with Gasteiger partial charge in [-0.25, -0.2) is 4.79 Å². The van der Waals surface area contributed by atoms with Crippen molar-refractivity contribution in [1.29, 1.82) is 0 Å². The van der Waals surface area contributed by atoms with E-state index in [4.69, 9.17) is 9.84 Å². The van der Waals surface area contributed by atoms with Crippen molar-refractivity contribution in [2.75, 3.05) is 0 Å². The van der Waals surface area contributed by atoms with E-state index < -0.39 is 5.97 Å². The number of aryl methyl sites for hydroxylation is 1. The highest BCUT2D eigenvalue weighted by atomic mass is 16.5. The molecule has 4 heteroatoms. The van der Waals surface area contributed by atoms with Crippen LogP contribution >= 0.6 is 0 Å². The highest BCUT2D eigenvalue weighted by molar-refractivity contribution is 5.91. The quantitative estimate of drug-likeness (QED) is 0.866. The molecular weight excluding hydrogens is 268 g/mol. The lowest BCUT2D eigenvalue weighted by Gasteiger charge is -2.26. The van der Waals surface area contributed by atoms with Gasteiger partial charge in [-0.2, -0.15) is 0 Å². The Balaban J connectivity index is 2.00. The van der Waals surface area contributed by atoms with Crippen LogP contribution in [0.3, 0.4) is 0 Å². The van der Waals surface area contributed by atoms with Gasteiger partial charge < -0.3 is 9.84 Å². The molecule has 0 atom stereocenters. The van der Waals surface area contributed by atoms with Crippen LogP contribution in [0, 0.1) is 26.7 Å². The molecule has 1 N–H and O–H groups in total. The minimum absolute atomic E-state index is 0.158. The Morgan fingerprint density at radius 2 is 1.67 bits per heavy atom. The summed E-state index contributed by atoms with van der Waals surface area (Å²) in [5.74, 6) is -1.33. The number of esters is 1. The first-order valence-corrected chi connectivity index (χ1v) is 7.40. The average Bonchev–Trinajstić information content (AvgIpc) is 2.45. The molecule has 4 nitrogen and oxygen atoms in total. The zero-order valence-electron chi connectivity index (χ0n) is 12.8. The van der Waals surface area contributed by atoms with E-state index in [1.165, 1.54) is 0 Å². The van der Waals surface area contributed by atoms with Gasteiger partial charge >= 0.3 is 11.9 Å². The SMILES string of the molecule is Cc1ccc(C(=O)OC2CCC(C(=O)O)CC2)c(C)c1C. The molecule has 1 aromatic carbocycles. The van der Waals surface area contributed by atoms with Crippen LogP contribution in [-0.4, -0.2) is 23.1 Å². The number of carboxylic acid groups (broad SMARTS) is 1. The molecule has 0 saturated heterocycles. The largest absolute Gasteiger partial charge is 0.481 e. The second-order valence-corrected chi connectivity index (χ2v) is 5.90. The monoisotopic (exact) mass is 290 g/mol. The molecular formula is C17H22O4. The summed E-state index contributed by atoms with van der Waals surface area (Å²) in [5, 5.41) is 8.97. The Hall–Kier alpha value is -1.84. The maximum Gasteiger partial charge on any atom is 0.338 e. The Labute approximate surface area is 125 Å². The van der Waals surface area contributed by atoms with E-state index in [0.29, 0.717) is 31.2 Å². The Kier molecular flexibility index (Phi) is 4.66. The normalized spacial score (nSPS) is 21.9. The highest BCUT2D eigenvalue weighted by Crippen LogP contribution is 2.27. The first-order valence-electron chi connectivity index (χ1n) is 7.40. The fraction of sp³-hybridized carbons (Fsp3) is 0.529. The Bertz CT molecular complexity index is 554. The summed E-state index contributed by atoms with van der Waals surface area (Å²) in [6, 6.07) is 3.74. The maximum absolute atomic E-state index is 12.3. The third-order valence-corrected chi connectivity index (χ3v) is 4.58. The topological polar surface area (TPSA) is 63.6 Å². The number of ether oxygens (including phenoxy) is 1. The first-order chi connectivity index (χ1) is 9.90. The molecule has 2 rings (SSSR count). The van der Waals surface area contributed by atoms with Crippen molar-refractivity contribution in [2.24, 2.45) is 5.92 Å². The second-order valence-electron chi connectivity index (χ2n) is 5.90. The molecule has 1 aromatic rings. The molecule has 0 radical (unpaired) electrons. The van der Waals surface area contributed by atoms with Crippen LogP contribution in [0.5, 0.6) is 0 Å².